The van der Waals surface area contributed by atoms with E-state index in [1.165, 1.54) is 24.6 Å². The number of rotatable bonds is 10. The van der Waals surface area contributed by atoms with Crippen molar-refractivity contribution in [2.45, 2.75) is 19.8 Å². The number of aromatic hydroxyl groups is 1. The van der Waals surface area contributed by atoms with E-state index in [9.17, 15) is 5.11 Å². The largest absolute Gasteiger partial charge is 0.507 e. The molecule has 0 atom stereocenters. The Balaban J connectivity index is 1.76. The van der Waals surface area contributed by atoms with Gasteiger partial charge in [-0.25, -0.2) is 0 Å². The summed E-state index contributed by atoms with van der Waals surface area (Å²) in [6.45, 7) is 4.22. The van der Waals surface area contributed by atoms with Crippen LogP contribution in [0.3, 0.4) is 0 Å². The molecule has 1 aromatic rings. The van der Waals surface area contributed by atoms with Crippen LogP contribution in [0, 0.1) is 10.8 Å². The fourth-order valence-corrected chi connectivity index (χ4v) is 3.05. The van der Waals surface area contributed by atoms with Crippen molar-refractivity contribution in [3.8, 4) is 11.5 Å². The Hall–Kier alpha value is -1.24. The minimum atomic E-state index is 0.0845. The lowest BCUT2D eigenvalue weighted by molar-refractivity contribution is 0.0544. The molecule has 0 aromatic heterocycles. The molecule has 0 unspecified atom stereocenters. The molecule has 1 saturated carbocycles. The summed E-state index contributed by atoms with van der Waals surface area (Å²) in [6.07, 6.45) is 2.47. The molecule has 1 aliphatic rings. The van der Waals surface area contributed by atoms with E-state index in [0.29, 0.717) is 48.2 Å². The van der Waals surface area contributed by atoms with E-state index in [-0.39, 0.29) is 5.75 Å². The molecule has 2 rings (SSSR count). The van der Waals surface area contributed by atoms with Crippen LogP contribution in [-0.2, 0) is 9.47 Å². The summed E-state index contributed by atoms with van der Waals surface area (Å²) in [5, 5.41) is 18.6. The lowest BCUT2D eigenvalue weighted by Gasteiger charge is -2.12. The second-order valence-electron chi connectivity index (χ2n) is 6.06. The normalized spacial score (nSPS) is 15.4. The van der Waals surface area contributed by atoms with Crippen LogP contribution in [0.25, 0.3) is 0 Å². The van der Waals surface area contributed by atoms with Gasteiger partial charge in [0.15, 0.2) is 0 Å². The zero-order valence-electron chi connectivity index (χ0n) is 13.8. The predicted molar refractivity (Wildman–Crippen MR) is 92.9 cm³/mol. The molecule has 1 aliphatic carbocycles. The lowest BCUT2D eigenvalue weighted by atomic mass is 10.2. The van der Waals surface area contributed by atoms with Crippen LogP contribution in [0.5, 0.6) is 11.5 Å². The monoisotopic (exact) mass is 339 g/mol. The number of thioether (sulfide) groups is 1. The van der Waals surface area contributed by atoms with Crippen LogP contribution in [-0.4, -0.2) is 49.4 Å². The van der Waals surface area contributed by atoms with Crippen LogP contribution in [0.15, 0.2) is 18.2 Å². The van der Waals surface area contributed by atoms with Gasteiger partial charge in [0.25, 0.3) is 0 Å². The number of hydrogen-bond acceptors (Lipinski definition) is 6. The average Bonchev–Trinajstić information content (AvgIpc) is 3.27. The Labute approximate surface area is 141 Å². The molecule has 23 heavy (non-hydrogen) atoms. The smallest absolute Gasteiger partial charge is 0.129 e. The molecule has 1 fully saturated rings. The zero-order chi connectivity index (χ0) is 16.7. The van der Waals surface area contributed by atoms with Crippen molar-refractivity contribution < 1.29 is 19.3 Å². The summed E-state index contributed by atoms with van der Waals surface area (Å²) >= 11 is 1.50. The third-order valence-electron chi connectivity index (χ3n) is 3.81. The second kappa shape index (κ2) is 8.57. The Morgan fingerprint density at radius 3 is 2.65 bits per heavy atom. The van der Waals surface area contributed by atoms with E-state index in [1.54, 1.807) is 25.3 Å². The zero-order valence-corrected chi connectivity index (χ0v) is 14.6. The Kier molecular flexibility index (Phi) is 6.74. The van der Waals surface area contributed by atoms with Crippen LogP contribution in [0.2, 0.25) is 0 Å². The highest BCUT2D eigenvalue weighted by atomic mass is 32.2. The van der Waals surface area contributed by atoms with Gasteiger partial charge in [0.2, 0.25) is 0 Å². The van der Waals surface area contributed by atoms with Gasteiger partial charge in [-0.15, -0.1) is 11.8 Å². The molecule has 5 nitrogen and oxygen atoms in total. The fraction of sp³-hybridized carbons (Fsp3) is 0.588. The minimum absolute atomic E-state index is 0.0845. The lowest BCUT2D eigenvalue weighted by Crippen LogP contribution is -2.10. The van der Waals surface area contributed by atoms with Crippen LogP contribution in [0.1, 0.15) is 25.3 Å². The summed E-state index contributed by atoms with van der Waals surface area (Å²) in [7, 11) is 1.63. The van der Waals surface area contributed by atoms with Gasteiger partial charge >= 0.3 is 0 Å². The van der Waals surface area contributed by atoms with Gasteiger partial charge in [0.05, 0.1) is 24.9 Å². The SMILES string of the molecule is COCCOCCOc1ccc(C(=N)SCC2(C)CC2)c(O)c1. The molecule has 0 aliphatic heterocycles. The highest BCUT2D eigenvalue weighted by molar-refractivity contribution is 8.14. The van der Waals surface area contributed by atoms with E-state index >= 15 is 0 Å². The molecule has 128 valence electrons. The van der Waals surface area contributed by atoms with E-state index in [2.05, 4.69) is 6.92 Å². The molecule has 0 saturated heterocycles. The minimum Gasteiger partial charge on any atom is -0.507 e. The predicted octanol–water partition coefficient (Wildman–Crippen LogP) is 3.29. The summed E-state index contributed by atoms with van der Waals surface area (Å²) in [4.78, 5) is 0. The van der Waals surface area contributed by atoms with E-state index in [1.807, 2.05) is 0 Å². The van der Waals surface area contributed by atoms with Gasteiger partial charge in [-0.1, -0.05) is 6.92 Å². The fourth-order valence-electron chi connectivity index (χ4n) is 1.94. The van der Waals surface area contributed by atoms with Crippen molar-refractivity contribution in [3.63, 3.8) is 0 Å². The molecule has 0 spiro atoms. The van der Waals surface area contributed by atoms with E-state index < -0.39 is 0 Å². The number of methoxy groups -OCH3 is 1. The highest BCUT2D eigenvalue weighted by Crippen LogP contribution is 2.47. The standard InChI is InChI=1S/C17H25NO4S/c1-17(5-6-17)12-23-16(18)14-4-3-13(11-15(14)19)22-10-9-21-8-7-20-2/h3-4,11,18-19H,5-10,12H2,1-2H3. The summed E-state index contributed by atoms with van der Waals surface area (Å²) < 4.78 is 15.7. The Morgan fingerprint density at radius 2 is 2.00 bits per heavy atom. The molecular formula is C17H25NO4S. The number of phenols is 1. The molecule has 0 radical (unpaired) electrons. The number of benzene rings is 1. The van der Waals surface area contributed by atoms with Gasteiger partial charge in [0, 0.05) is 24.5 Å². The molecule has 0 amide bonds. The molecular weight excluding hydrogens is 314 g/mol. The van der Waals surface area contributed by atoms with Crippen molar-refractivity contribution in [1.29, 1.82) is 5.41 Å². The van der Waals surface area contributed by atoms with E-state index in [0.717, 1.165) is 5.75 Å². The van der Waals surface area contributed by atoms with E-state index in [4.69, 9.17) is 19.6 Å². The Bertz CT molecular complexity index is 531. The second-order valence-corrected chi connectivity index (χ2v) is 7.05. The van der Waals surface area contributed by atoms with Crippen LogP contribution < -0.4 is 4.74 Å². The van der Waals surface area contributed by atoms with Crippen molar-refractivity contribution in [3.05, 3.63) is 23.8 Å². The quantitative estimate of drug-likeness (QED) is 0.389. The van der Waals surface area contributed by atoms with Crippen molar-refractivity contribution in [2.75, 3.05) is 39.3 Å². The average molecular weight is 339 g/mol. The van der Waals surface area contributed by atoms with Gasteiger partial charge in [-0.3, -0.25) is 5.41 Å². The van der Waals surface area contributed by atoms with Gasteiger partial charge in [-0.2, -0.15) is 0 Å². The first-order valence-corrected chi connectivity index (χ1v) is 8.77. The first-order valence-electron chi connectivity index (χ1n) is 7.78. The summed E-state index contributed by atoms with van der Waals surface area (Å²) in [6, 6.07) is 5.07. The van der Waals surface area contributed by atoms with Gasteiger partial charge in [-0.05, 0) is 30.4 Å². The first-order chi connectivity index (χ1) is 11.0. The number of phenolic OH excluding ortho intramolecular Hbond substituents is 1. The summed E-state index contributed by atoms with van der Waals surface area (Å²) in [5.74, 6) is 1.59. The van der Waals surface area contributed by atoms with Crippen LogP contribution >= 0.6 is 11.8 Å². The maximum atomic E-state index is 10.1. The molecule has 6 heteroatoms. The van der Waals surface area contributed by atoms with Crippen molar-refractivity contribution in [1.82, 2.24) is 0 Å². The molecule has 0 bridgehead atoms. The third kappa shape index (κ3) is 6.05. The first kappa shape index (κ1) is 18.1. The highest BCUT2D eigenvalue weighted by Gasteiger charge is 2.37. The third-order valence-corrected chi connectivity index (χ3v) is 5.16. The maximum absolute atomic E-state index is 10.1. The van der Waals surface area contributed by atoms with Gasteiger partial charge in [0.1, 0.15) is 18.1 Å². The number of hydrogen-bond donors (Lipinski definition) is 2. The Morgan fingerprint density at radius 1 is 1.26 bits per heavy atom. The maximum Gasteiger partial charge on any atom is 0.129 e. The van der Waals surface area contributed by atoms with Crippen molar-refractivity contribution in [2.24, 2.45) is 5.41 Å². The molecule has 1 aromatic carbocycles. The van der Waals surface area contributed by atoms with Crippen LogP contribution in [0.4, 0.5) is 0 Å². The van der Waals surface area contributed by atoms with Gasteiger partial charge < -0.3 is 19.3 Å². The topological polar surface area (TPSA) is 71.8 Å². The van der Waals surface area contributed by atoms with Crippen molar-refractivity contribution >= 4 is 16.8 Å². The molecule has 0 heterocycles. The summed E-state index contributed by atoms with van der Waals surface area (Å²) in [5.41, 5.74) is 0.946. The molecule has 2 N–H and O–H groups in total. The number of ether oxygens (including phenoxy) is 3. The number of nitrogens with one attached hydrogen (secondary N) is 1.